The Balaban J connectivity index is 1.84. The number of halogens is 4. The summed E-state index contributed by atoms with van der Waals surface area (Å²) >= 11 is 5.95. The Morgan fingerprint density at radius 1 is 1.43 bits per heavy atom. The molecule has 0 amide bonds. The van der Waals surface area contributed by atoms with Crippen molar-refractivity contribution in [1.29, 1.82) is 0 Å². The average molecular weight is 347 g/mol. The summed E-state index contributed by atoms with van der Waals surface area (Å²) in [6, 6.07) is 4.20. The standard InChI is InChI=1S/C15H14ClF3N2O2/c16-11-2-1-3-12(17)10(11)8-21-13(20-23-14(21)22)6-9-4-5-15(18,19)7-9/h1-3,9H,4-8H2. The van der Waals surface area contributed by atoms with E-state index in [1.54, 1.807) is 0 Å². The zero-order valence-corrected chi connectivity index (χ0v) is 12.8. The van der Waals surface area contributed by atoms with Crippen LogP contribution in [0.4, 0.5) is 13.2 Å². The summed E-state index contributed by atoms with van der Waals surface area (Å²) in [5, 5.41) is 3.82. The van der Waals surface area contributed by atoms with E-state index in [1.165, 1.54) is 18.2 Å². The highest BCUT2D eigenvalue weighted by Crippen LogP contribution is 2.40. The maximum absolute atomic E-state index is 13.9. The van der Waals surface area contributed by atoms with Gasteiger partial charge in [-0.05, 0) is 24.5 Å². The van der Waals surface area contributed by atoms with Crippen molar-refractivity contribution in [2.24, 2.45) is 5.92 Å². The molecule has 1 saturated carbocycles. The van der Waals surface area contributed by atoms with Gasteiger partial charge in [0.15, 0.2) is 5.82 Å². The topological polar surface area (TPSA) is 48.0 Å². The number of hydrogen-bond donors (Lipinski definition) is 0. The summed E-state index contributed by atoms with van der Waals surface area (Å²) in [4.78, 5) is 11.8. The van der Waals surface area contributed by atoms with E-state index in [0.717, 1.165) is 4.57 Å². The second-order valence-corrected chi connectivity index (χ2v) is 6.23. The van der Waals surface area contributed by atoms with Gasteiger partial charge < -0.3 is 0 Å². The Morgan fingerprint density at radius 2 is 2.22 bits per heavy atom. The first kappa shape index (κ1) is 16.1. The van der Waals surface area contributed by atoms with E-state index in [1.807, 2.05) is 0 Å². The van der Waals surface area contributed by atoms with Crippen molar-refractivity contribution in [2.75, 3.05) is 0 Å². The van der Waals surface area contributed by atoms with Crippen molar-refractivity contribution in [3.63, 3.8) is 0 Å². The Hall–Kier alpha value is -1.76. The third-order valence-corrected chi connectivity index (χ3v) is 4.47. The van der Waals surface area contributed by atoms with Gasteiger partial charge in [-0.1, -0.05) is 22.8 Å². The molecule has 0 radical (unpaired) electrons. The van der Waals surface area contributed by atoms with Gasteiger partial charge in [0.2, 0.25) is 5.92 Å². The molecule has 0 aliphatic heterocycles. The summed E-state index contributed by atoms with van der Waals surface area (Å²) in [7, 11) is 0. The molecule has 1 aromatic carbocycles. The average Bonchev–Trinajstić information content (AvgIpc) is 2.98. The Morgan fingerprint density at radius 3 is 2.87 bits per heavy atom. The lowest BCUT2D eigenvalue weighted by molar-refractivity contribution is 0.00496. The highest BCUT2D eigenvalue weighted by Gasteiger charge is 2.40. The van der Waals surface area contributed by atoms with E-state index in [0.29, 0.717) is 6.42 Å². The van der Waals surface area contributed by atoms with Crippen LogP contribution < -0.4 is 5.76 Å². The first-order chi connectivity index (χ1) is 10.9. The first-order valence-corrected chi connectivity index (χ1v) is 7.59. The van der Waals surface area contributed by atoms with E-state index >= 15 is 0 Å². The maximum Gasteiger partial charge on any atom is 0.441 e. The molecule has 1 heterocycles. The lowest BCUT2D eigenvalue weighted by atomic mass is 10.0. The summed E-state index contributed by atoms with van der Waals surface area (Å²) in [6.45, 7) is -0.147. The molecule has 23 heavy (non-hydrogen) atoms. The third kappa shape index (κ3) is 3.44. The lowest BCUT2D eigenvalue weighted by Gasteiger charge is -2.11. The van der Waals surface area contributed by atoms with Crippen LogP contribution in [0.2, 0.25) is 5.02 Å². The van der Waals surface area contributed by atoms with E-state index in [-0.39, 0.29) is 48.1 Å². The zero-order chi connectivity index (χ0) is 16.6. The highest BCUT2D eigenvalue weighted by atomic mass is 35.5. The second-order valence-electron chi connectivity index (χ2n) is 5.82. The molecule has 1 aliphatic rings. The number of hydrogen-bond acceptors (Lipinski definition) is 3. The Bertz CT molecular complexity index is 752. The van der Waals surface area contributed by atoms with E-state index in [2.05, 4.69) is 9.68 Å². The third-order valence-electron chi connectivity index (χ3n) is 4.12. The molecule has 2 aromatic rings. The second kappa shape index (κ2) is 6.03. The van der Waals surface area contributed by atoms with Gasteiger partial charge in [0.05, 0.1) is 6.54 Å². The number of benzene rings is 1. The van der Waals surface area contributed by atoms with Gasteiger partial charge in [0.1, 0.15) is 5.82 Å². The van der Waals surface area contributed by atoms with Gasteiger partial charge >= 0.3 is 5.76 Å². The van der Waals surface area contributed by atoms with Gasteiger partial charge in [-0.25, -0.2) is 18.0 Å². The molecule has 1 aromatic heterocycles. The van der Waals surface area contributed by atoms with Crippen LogP contribution in [0.25, 0.3) is 0 Å². The van der Waals surface area contributed by atoms with Crippen molar-refractivity contribution in [1.82, 2.24) is 9.72 Å². The van der Waals surface area contributed by atoms with Gasteiger partial charge in [-0.2, -0.15) is 0 Å². The molecule has 1 atom stereocenters. The first-order valence-electron chi connectivity index (χ1n) is 7.22. The normalized spacial score (nSPS) is 20.1. The fraction of sp³-hybridized carbons (Fsp3) is 0.467. The van der Waals surface area contributed by atoms with Gasteiger partial charge in [0, 0.05) is 29.8 Å². The Kier molecular flexibility index (Phi) is 4.23. The molecule has 124 valence electrons. The molecule has 0 bridgehead atoms. The summed E-state index contributed by atoms with van der Waals surface area (Å²) in [5.41, 5.74) is 0.137. The Labute approximate surface area is 134 Å². The van der Waals surface area contributed by atoms with Crippen molar-refractivity contribution in [3.8, 4) is 0 Å². The SMILES string of the molecule is O=c1onc(CC2CCC(F)(F)C2)n1Cc1c(F)cccc1Cl. The van der Waals surface area contributed by atoms with Gasteiger partial charge in [-0.3, -0.25) is 9.09 Å². The summed E-state index contributed by atoms with van der Waals surface area (Å²) < 4.78 is 46.2. The number of aromatic nitrogens is 2. The molecule has 1 aliphatic carbocycles. The number of nitrogens with zero attached hydrogens (tertiary/aromatic N) is 2. The maximum atomic E-state index is 13.9. The van der Waals surface area contributed by atoms with Crippen molar-refractivity contribution in [2.45, 2.75) is 38.2 Å². The molecule has 1 fully saturated rings. The molecular weight excluding hydrogens is 333 g/mol. The lowest BCUT2D eigenvalue weighted by Crippen LogP contribution is -2.20. The van der Waals surface area contributed by atoms with Crippen molar-refractivity contribution in [3.05, 3.63) is 51.0 Å². The summed E-state index contributed by atoms with van der Waals surface area (Å²) in [5.74, 6) is -4.03. The quantitative estimate of drug-likeness (QED) is 0.849. The van der Waals surface area contributed by atoms with Crippen LogP contribution in [0, 0.1) is 11.7 Å². The van der Waals surface area contributed by atoms with Crippen molar-refractivity contribution >= 4 is 11.6 Å². The minimum atomic E-state index is -2.67. The molecule has 8 heteroatoms. The zero-order valence-electron chi connectivity index (χ0n) is 12.1. The molecular formula is C15H14ClF3N2O2. The van der Waals surface area contributed by atoms with Crippen LogP contribution in [-0.4, -0.2) is 15.6 Å². The molecule has 1 unspecified atom stereocenters. The largest absolute Gasteiger partial charge is 0.441 e. The van der Waals surface area contributed by atoms with E-state index in [9.17, 15) is 18.0 Å². The van der Waals surface area contributed by atoms with E-state index in [4.69, 9.17) is 11.6 Å². The molecule has 0 N–H and O–H groups in total. The highest BCUT2D eigenvalue weighted by molar-refractivity contribution is 6.31. The van der Waals surface area contributed by atoms with Crippen LogP contribution in [0.3, 0.4) is 0 Å². The smallest absolute Gasteiger partial charge is 0.296 e. The number of alkyl halides is 2. The van der Waals surface area contributed by atoms with Crippen LogP contribution in [0.5, 0.6) is 0 Å². The number of rotatable bonds is 4. The molecule has 4 nitrogen and oxygen atoms in total. The molecule has 3 rings (SSSR count). The minimum Gasteiger partial charge on any atom is -0.296 e. The fourth-order valence-corrected chi connectivity index (χ4v) is 3.14. The minimum absolute atomic E-state index is 0.137. The van der Waals surface area contributed by atoms with Crippen LogP contribution >= 0.6 is 11.6 Å². The predicted molar refractivity (Wildman–Crippen MR) is 77.3 cm³/mol. The van der Waals surface area contributed by atoms with Crippen LogP contribution in [-0.2, 0) is 13.0 Å². The monoisotopic (exact) mass is 346 g/mol. The van der Waals surface area contributed by atoms with Gasteiger partial charge in [-0.15, -0.1) is 0 Å². The predicted octanol–water partition coefficient (Wildman–Crippen LogP) is 3.66. The fourth-order valence-electron chi connectivity index (χ4n) is 2.91. The molecule has 0 saturated heterocycles. The van der Waals surface area contributed by atoms with Crippen LogP contribution in [0.1, 0.15) is 30.7 Å². The summed E-state index contributed by atoms with van der Waals surface area (Å²) in [6.07, 6.45) is 0.134. The van der Waals surface area contributed by atoms with E-state index < -0.39 is 17.5 Å². The van der Waals surface area contributed by atoms with Crippen molar-refractivity contribution < 1.29 is 17.7 Å². The molecule has 0 spiro atoms. The van der Waals surface area contributed by atoms with Gasteiger partial charge in [0.25, 0.3) is 0 Å². The van der Waals surface area contributed by atoms with Crippen LogP contribution in [0.15, 0.2) is 27.5 Å².